The van der Waals surface area contributed by atoms with Crippen molar-refractivity contribution >= 4 is 17.1 Å². The maximum absolute atomic E-state index is 9.98. The van der Waals surface area contributed by atoms with Crippen molar-refractivity contribution in [3.8, 4) is 44.5 Å². The van der Waals surface area contributed by atoms with Crippen molar-refractivity contribution in [2.45, 2.75) is 24.7 Å². The number of hydrogen-bond acceptors (Lipinski definition) is 1. The topological polar surface area (TPSA) is 3.24 Å². The third-order valence-electron chi connectivity index (χ3n) is 10.9. The summed E-state index contributed by atoms with van der Waals surface area (Å²) in [6, 6.07) is 6.96. The Balaban J connectivity index is 1.40. The highest BCUT2D eigenvalue weighted by molar-refractivity contribution is 6.01. The van der Waals surface area contributed by atoms with Crippen LogP contribution >= 0.6 is 0 Å². The maximum Gasteiger partial charge on any atom is 0.0726 e. The van der Waals surface area contributed by atoms with E-state index in [1.807, 2.05) is 38.1 Å². The van der Waals surface area contributed by atoms with Gasteiger partial charge in [0.15, 0.2) is 0 Å². The molecule has 8 aromatic carbocycles. The zero-order chi connectivity index (χ0) is 51.8. The van der Waals surface area contributed by atoms with Gasteiger partial charge in [-0.1, -0.05) is 171 Å². The summed E-state index contributed by atoms with van der Waals surface area (Å²) in [6.45, 7) is 3.99. The number of nitrogens with zero attached hydrogens (tertiary/aromatic N) is 1. The third kappa shape index (κ3) is 4.02. The van der Waals surface area contributed by atoms with Gasteiger partial charge in [0.05, 0.1) is 37.1 Å². The molecular formula is C52H37N. The van der Waals surface area contributed by atoms with Gasteiger partial charge in [-0.05, 0) is 103 Å². The zero-order valence-electron chi connectivity index (χ0n) is 47.4. The molecule has 0 unspecified atom stereocenters. The van der Waals surface area contributed by atoms with Crippen LogP contribution in [0, 0.1) is 0 Å². The van der Waals surface area contributed by atoms with Crippen molar-refractivity contribution in [1.82, 2.24) is 0 Å². The van der Waals surface area contributed by atoms with Gasteiger partial charge in [0.1, 0.15) is 0 Å². The summed E-state index contributed by atoms with van der Waals surface area (Å²) in [5.74, 6) is 0. The average Bonchev–Trinajstić information content (AvgIpc) is 3.94. The van der Waals surface area contributed by atoms with Crippen LogP contribution in [-0.4, -0.2) is 0 Å². The first kappa shape index (κ1) is 16.9. The lowest BCUT2D eigenvalue weighted by Gasteiger charge is -2.32. The van der Waals surface area contributed by atoms with E-state index in [9.17, 15) is 17.8 Å². The number of hydrogen-bond donors (Lipinski definition) is 0. The predicted octanol–water partition coefficient (Wildman–Crippen LogP) is 13.5. The minimum absolute atomic E-state index is 0.0558. The Morgan fingerprint density at radius 3 is 1.72 bits per heavy atom. The van der Waals surface area contributed by atoms with Crippen LogP contribution < -0.4 is 4.90 Å². The van der Waals surface area contributed by atoms with Gasteiger partial charge in [0, 0.05) is 22.4 Å². The van der Waals surface area contributed by atoms with E-state index < -0.39 is 182 Å². The van der Waals surface area contributed by atoms with Crippen molar-refractivity contribution in [3.05, 3.63) is 221 Å². The summed E-state index contributed by atoms with van der Waals surface area (Å²) in [4.78, 5) is 1.22. The molecule has 3 aliphatic rings. The molecule has 0 amide bonds. The van der Waals surface area contributed by atoms with Crippen LogP contribution in [0.25, 0.3) is 44.5 Å². The van der Waals surface area contributed by atoms with E-state index in [1.54, 1.807) is 48.5 Å². The molecule has 53 heavy (non-hydrogen) atoms. The quantitative estimate of drug-likeness (QED) is 0.177. The first-order chi connectivity index (χ1) is 34.0. The second kappa shape index (κ2) is 11.0. The fraction of sp³-hybridized carbons (Fsp3) is 0.0769. The molecule has 0 fully saturated rings. The smallest absolute Gasteiger partial charge is 0.0726 e. The van der Waals surface area contributed by atoms with Crippen molar-refractivity contribution in [1.29, 1.82) is 0 Å². The lowest BCUT2D eigenvalue weighted by atomic mass is 9.70. The van der Waals surface area contributed by atoms with Crippen LogP contribution in [-0.2, 0) is 10.8 Å². The second-order valence-electron chi connectivity index (χ2n) is 13.8. The first-order valence-electron chi connectivity index (χ1n) is 26.6. The van der Waals surface area contributed by atoms with Crippen molar-refractivity contribution in [2.24, 2.45) is 0 Å². The van der Waals surface area contributed by atoms with E-state index in [-0.39, 0.29) is 11.3 Å². The van der Waals surface area contributed by atoms with Crippen LogP contribution in [0.3, 0.4) is 0 Å². The highest BCUT2D eigenvalue weighted by Gasteiger charge is 2.52. The molecule has 250 valence electrons. The highest BCUT2D eigenvalue weighted by atomic mass is 15.1. The molecule has 1 nitrogen and oxygen atoms in total. The van der Waals surface area contributed by atoms with Crippen LogP contribution in [0.5, 0.6) is 0 Å². The molecule has 3 aliphatic carbocycles. The fourth-order valence-corrected chi connectivity index (χ4v) is 8.55. The molecule has 0 radical (unpaired) electrons. The van der Waals surface area contributed by atoms with Gasteiger partial charge in [-0.25, -0.2) is 0 Å². The van der Waals surface area contributed by atoms with E-state index in [2.05, 4.69) is 0 Å². The summed E-state index contributed by atoms with van der Waals surface area (Å²) >= 11 is 0. The van der Waals surface area contributed by atoms with Gasteiger partial charge in [0.25, 0.3) is 0 Å². The number of anilines is 3. The summed E-state index contributed by atoms with van der Waals surface area (Å²) in [5.41, 5.74) is -4.02. The summed E-state index contributed by atoms with van der Waals surface area (Å²) < 4.78 is 179. The standard InChI is InChI=1S/C52H37N/c1-51(2)43-21-10-6-17-38(43)41-32-31-37(33-48(41)51)53(36-29-27-35(28-30-36)34-15-4-3-5-16-34)49-26-14-25-47-50(49)42-20-9-13-24-46(42)52(47)44-22-11-7-18-39(44)40-19-8-12-23-45(40)52/h3-33H,1-2H3/i7D,8D,9D,11D,12D,13D,14D,18D,19D,20D,22D,23D,24D,25D,26D,27D,28D,29D,30D. The van der Waals surface area contributed by atoms with Crippen molar-refractivity contribution < 1.29 is 26.0 Å². The van der Waals surface area contributed by atoms with E-state index in [4.69, 9.17) is 8.22 Å². The molecule has 1 heteroatoms. The molecule has 0 saturated heterocycles. The average molecular weight is 695 g/mol. The van der Waals surface area contributed by atoms with Crippen molar-refractivity contribution in [3.63, 3.8) is 0 Å². The van der Waals surface area contributed by atoms with Crippen molar-refractivity contribution in [2.75, 3.05) is 4.90 Å². The monoisotopic (exact) mass is 694 g/mol. The second-order valence-corrected chi connectivity index (χ2v) is 13.8. The van der Waals surface area contributed by atoms with Crippen LogP contribution in [0.1, 0.15) is 73.3 Å². The molecule has 0 atom stereocenters. The Morgan fingerprint density at radius 1 is 0.415 bits per heavy atom. The Kier molecular flexibility index (Phi) is 3.52. The van der Waals surface area contributed by atoms with Crippen LogP contribution in [0.2, 0.25) is 0 Å². The minimum Gasteiger partial charge on any atom is -0.310 e. The Hall–Kier alpha value is -6.44. The van der Waals surface area contributed by atoms with Gasteiger partial charge in [-0.15, -0.1) is 0 Å². The van der Waals surface area contributed by atoms with Gasteiger partial charge < -0.3 is 4.90 Å². The van der Waals surface area contributed by atoms with E-state index in [1.165, 1.54) is 4.90 Å². The lowest BCUT2D eigenvalue weighted by Crippen LogP contribution is -2.26. The Bertz CT molecular complexity index is 3750. The first-order valence-corrected chi connectivity index (χ1v) is 17.1. The van der Waals surface area contributed by atoms with Crippen LogP contribution in [0.4, 0.5) is 17.1 Å². The molecule has 0 saturated carbocycles. The summed E-state index contributed by atoms with van der Waals surface area (Å²) in [6.07, 6.45) is 0. The molecule has 1 spiro atoms. The van der Waals surface area contributed by atoms with Gasteiger partial charge in [-0.2, -0.15) is 0 Å². The predicted molar refractivity (Wildman–Crippen MR) is 220 cm³/mol. The van der Waals surface area contributed by atoms with Gasteiger partial charge >= 0.3 is 0 Å². The third-order valence-corrected chi connectivity index (χ3v) is 10.9. The molecule has 11 rings (SSSR count). The molecule has 0 heterocycles. The number of rotatable bonds is 4. The fourth-order valence-electron chi connectivity index (χ4n) is 8.55. The molecule has 0 aliphatic heterocycles. The van der Waals surface area contributed by atoms with Gasteiger partial charge in [0.2, 0.25) is 0 Å². The minimum atomic E-state index is -2.65. The Morgan fingerprint density at radius 2 is 1.00 bits per heavy atom. The van der Waals surface area contributed by atoms with Crippen LogP contribution in [0.15, 0.2) is 188 Å². The zero-order valence-corrected chi connectivity index (χ0v) is 28.4. The van der Waals surface area contributed by atoms with E-state index in [0.29, 0.717) is 5.56 Å². The summed E-state index contributed by atoms with van der Waals surface area (Å²) in [5, 5.41) is 0. The molecular weight excluding hydrogens is 639 g/mol. The lowest BCUT2D eigenvalue weighted by molar-refractivity contribution is 0.660. The summed E-state index contributed by atoms with van der Waals surface area (Å²) in [7, 11) is 0. The molecule has 0 aromatic heterocycles. The molecule has 0 N–H and O–H groups in total. The number of fused-ring (bicyclic) bond motifs is 13. The number of benzene rings is 8. The maximum atomic E-state index is 9.98. The largest absolute Gasteiger partial charge is 0.310 e. The van der Waals surface area contributed by atoms with Gasteiger partial charge in [-0.3, -0.25) is 0 Å². The Labute approximate surface area is 338 Å². The van der Waals surface area contributed by atoms with E-state index in [0.717, 1.165) is 22.3 Å². The molecule has 8 aromatic rings. The SMILES string of the molecule is [2H]c1c([2H])c([2H])c2c(c1[2H])-c1c([2H])c([2H])c([2H])c([2H])c1C21c2c([2H])c([2H])c([2H])c([2H])c2-c2c(N(c3ccc4c(c3)C(C)(C)c3ccccc3-4)c3c([2H])c([2H])c(-c4ccccc4)c([2H])c3[2H])c([2H])c([2H])c([2H])c21. The van der Waals surface area contributed by atoms with E-state index >= 15 is 0 Å². The normalized spacial score (nSPS) is 19.5. The highest BCUT2D eigenvalue weighted by Crippen LogP contribution is 2.64. The molecule has 0 bridgehead atoms.